The summed E-state index contributed by atoms with van der Waals surface area (Å²) in [5.74, 6) is -1.39. The van der Waals surface area contributed by atoms with Gasteiger partial charge in [-0.3, -0.25) is 4.79 Å². The zero-order valence-corrected chi connectivity index (χ0v) is 10.5. The van der Waals surface area contributed by atoms with E-state index in [9.17, 15) is 14.3 Å². The molecular weight excluding hydrogens is 245 g/mol. The van der Waals surface area contributed by atoms with Gasteiger partial charge in [-0.1, -0.05) is 0 Å². The first kappa shape index (κ1) is 13.8. The van der Waals surface area contributed by atoms with Crippen molar-refractivity contribution >= 4 is 17.5 Å². The van der Waals surface area contributed by atoms with Crippen molar-refractivity contribution in [3.8, 4) is 5.75 Å². The van der Waals surface area contributed by atoms with Crippen molar-refractivity contribution in [2.45, 2.75) is 31.7 Å². The molecule has 0 saturated carbocycles. The van der Waals surface area contributed by atoms with Gasteiger partial charge in [-0.2, -0.15) is 0 Å². The highest BCUT2D eigenvalue weighted by molar-refractivity contribution is 6.20. The molecule has 1 aromatic carbocycles. The van der Waals surface area contributed by atoms with E-state index < -0.39 is 11.7 Å². The van der Waals surface area contributed by atoms with Crippen LogP contribution in [0.25, 0.3) is 0 Å². The maximum absolute atomic E-state index is 12.7. The van der Waals surface area contributed by atoms with Crippen LogP contribution in [0.15, 0.2) is 18.2 Å². The summed E-state index contributed by atoms with van der Waals surface area (Å²) in [5.41, 5.74) is 0.0560. The second kappa shape index (κ2) is 5.87. The summed E-state index contributed by atoms with van der Waals surface area (Å²) in [7, 11) is 0. The van der Waals surface area contributed by atoms with E-state index in [0.717, 1.165) is 12.1 Å². The van der Waals surface area contributed by atoms with Crippen LogP contribution in [0.5, 0.6) is 5.75 Å². The van der Waals surface area contributed by atoms with Gasteiger partial charge in [-0.15, -0.1) is 11.6 Å². The number of carbonyl (C=O) groups excluding carboxylic acids is 1. The van der Waals surface area contributed by atoms with Crippen LogP contribution in [0.3, 0.4) is 0 Å². The van der Waals surface area contributed by atoms with E-state index in [0.29, 0.717) is 6.42 Å². The largest absolute Gasteiger partial charge is 0.507 e. The second-order valence-corrected chi connectivity index (χ2v) is 4.80. The molecule has 2 atom stereocenters. The number of hydrogen-bond donors (Lipinski definition) is 2. The summed E-state index contributed by atoms with van der Waals surface area (Å²) < 4.78 is 12.7. The van der Waals surface area contributed by atoms with E-state index >= 15 is 0 Å². The van der Waals surface area contributed by atoms with Crippen LogP contribution >= 0.6 is 11.6 Å². The van der Waals surface area contributed by atoms with E-state index in [4.69, 9.17) is 11.6 Å². The molecule has 2 unspecified atom stereocenters. The number of alkyl halides is 1. The van der Waals surface area contributed by atoms with Crippen molar-refractivity contribution in [3.05, 3.63) is 29.6 Å². The van der Waals surface area contributed by atoms with Gasteiger partial charge in [0.05, 0.1) is 5.56 Å². The SMILES string of the molecule is CC(Cl)CC(C)NC(=O)c1ccc(F)cc1O. The fraction of sp³-hybridized carbons (Fsp3) is 0.417. The molecule has 0 aliphatic carbocycles. The van der Waals surface area contributed by atoms with Crippen LogP contribution in [0, 0.1) is 5.82 Å². The zero-order valence-electron chi connectivity index (χ0n) is 9.71. The smallest absolute Gasteiger partial charge is 0.255 e. The topological polar surface area (TPSA) is 49.3 Å². The maximum Gasteiger partial charge on any atom is 0.255 e. The van der Waals surface area contributed by atoms with Crippen molar-refractivity contribution < 1.29 is 14.3 Å². The number of phenolic OH excluding ortho intramolecular Hbond substituents is 1. The number of halogens is 2. The molecule has 0 bridgehead atoms. The Bertz CT molecular complexity index is 409. The van der Waals surface area contributed by atoms with E-state index in [1.165, 1.54) is 6.07 Å². The first-order chi connectivity index (χ1) is 7.90. The van der Waals surface area contributed by atoms with Crippen molar-refractivity contribution in [1.29, 1.82) is 0 Å². The predicted octanol–water partition coefficient (Wildman–Crippen LogP) is 2.67. The van der Waals surface area contributed by atoms with Crippen LogP contribution in [0.4, 0.5) is 4.39 Å². The lowest BCUT2D eigenvalue weighted by Crippen LogP contribution is -2.33. The lowest BCUT2D eigenvalue weighted by molar-refractivity contribution is 0.0936. The third kappa shape index (κ3) is 4.23. The van der Waals surface area contributed by atoms with E-state index in [2.05, 4.69) is 5.32 Å². The molecule has 0 heterocycles. The molecule has 1 aromatic rings. The number of amides is 1. The van der Waals surface area contributed by atoms with Gasteiger partial charge in [-0.05, 0) is 32.4 Å². The molecule has 1 amide bonds. The number of hydrogen-bond acceptors (Lipinski definition) is 2. The van der Waals surface area contributed by atoms with Crippen LogP contribution in [-0.4, -0.2) is 22.4 Å². The van der Waals surface area contributed by atoms with Crippen LogP contribution < -0.4 is 5.32 Å². The highest BCUT2D eigenvalue weighted by Crippen LogP contribution is 2.18. The van der Waals surface area contributed by atoms with Gasteiger partial charge in [0.1, 0.15) is 11.6 Å². The number of benzene rings is 1. The summed E-state index contributed by atoms with van der Waals surface area (Å²) in [6.07, 6.45) is 0.620. The molecule has 0 aliphatic rings. The predicted molar refractivity (Wildman–Crippen MR) is 64.9 cm³/mol. The highest BCUT2D eigenvalue weighted by atomic mass is 35.5. The van der Waals surface area contributed by atoms with Crippen molar-refractivity contribution in [1.82, 2.24) is 5.32 Å². The first-order valence-corrected chi connectivity index (χ1v) is 5.77. The third-order valence-corrected chi connectivity index (χ3v) is 2.44. The fourth-order valence-electron chi connectivity index (χ4n) is 1.54. The molecule has 17 heavy (non-hydrogen) atoms. The highest BCUT2D eigenvalue weighted by Gasteiger charge is 2.15. The Morgan fingerprint density at radius 3 is 2.71 bits per heavy atom. The summed E-state index contributed by atoms with van der Waals surface area (Å²) in [6, 6.07) is 3.17. The average Bonchev–Trinajstić information content (AvgIpc) is 2.15. The minimum absolute atomic E-state index is 0.0490. The number of rotatable bonds is 4. The Balaban J connectivity index is 2.70. The van der Waals surface area contributed by atoms with Gasteiger partial charge in [0, 0.05) is 17.5 Å². The van der Waals surface area contributed by atoms with Gasteiger partial charge in [-0.25, -0.2) is 4.39 Å². The molecule has 2 N–H and O–H groups in total. The summed E-state index contributed by atoms with van der Waals surface area (Å²) in [5, 5.41) is 12.1. The third-order valence-electron chi connectivity index (χ3n) is 2.26. The standard InChI is InChI=1S/C12H15ClFNO2/c1-7(13)5-8(2)15-12(17)10-4-3-9(14)6-11(10)16/h3-4,6-8,16H,5H2,1-2H3,(H,15,17). The van der Waals surface area contributed by atoms with Gasteiger partial charge < -0.3 is 10.4 Å². The molecule has 3 nitrogen and oxygen atoms in total. The molecule has 0 saturated heterocycles. The Morgan fingerprint density at radius 2 is 2.18 bits per heavy atom. The van der Waals surface area contributed by atoms with Crippen molar-refractivity contribution in [2.24, 2.45) is 0 Å². The Labute approximate surface area is 105 Å². The monoisotopic (exact) mass is 259 g/mol. The summed E-state index contributed by atoms with van der Waals surface area (Å²) in [6.45, 7) is 3.65. The molecule has 0 spiro atoms. The maximum atomic E-state index is 12.7. The number of phenols is 1. The molecule has 5 heteroatoms. The molecule has 0 radical (unpaired) electrons. The number of carbonyl (C=O) groups is 1. The number of nitrogens with one attached hydrogen (secondary N) is 1. The van der Waals surface area contributed by atoms with E-state index in [1.807, 2.05) is 13.8 Å². The Morgan fingerprint density at radius 1 is 1.53 bits per heavy atom. The second-order valence-electron chi connectivity index (χ2n) is 4.05. The zero-order chi connectivity index (χ0) is 13.0. The van der Waals surface area contributed by atoms with E-state index in [-0.39, 0.29) is 22.7 Å². The molecule has 0 aromatic heterocycles. The van der Waals surface area contributed by atoms with Gasteiger partial charge >= 0.3 is 0 Å². The molecule has 1 rings (SSSR count). The molecular formula is C12H15ClFNO2. The lowest BCUT2D eigenvalue weighted by Gasteiger charge is -2.15. The molecule has 94 valence electrons. The molecule has 0 fully saturated rings. The van der Waals surface area contributed by atoms with Gasteiger partial charge in [0.2, 0.25) is 0 Å². The Kier molecular flexibility index (Phi) is 4.75. The normalized spacial score (nSPS) is 14.1. The first-order valence-electron chi connectivity index (χ1n) is 5.33. The van der Waals surface area contributed by atoms with Crippen LogP contribution in [-0.2, 0) is 0 Å². The van der Waals surface area contributed by atoms with Crippen LogP contribution in [0.1, 0.15) is 30.6 Å². The summed E-state index contributed by atoms with van der Waals surface area (Å²) >= 11 is 5.80. The lowest BCUT2D eigenvalue weighted by atomic mass is 10.1. The van der Waals surface area contributed by atoms with Crippen molar-refractivity contribution in [3.63, 3.8) is 0 Å². The van der Waals surface area contributed by atoms with Crippen LogP contribution in [0.2, 0.25) is 0 Å². The van der Waals surface area contributed by atoms with Crippen molar-refractivity contribution in [2.75, 3.05) is 0 Å². The fourth-order valence-corrected chi connectivity index (χ4v) is 1.81. The van der Waals surface area contributed by atoms with E-state index in [1.54, 1.807) is 0 Å². The minimum Gasteiger partial charge on any atom is -0.507 e. The Hall–Kier alpha value is -1.29. The van der Waals surface area contributed by atoms with Gasteiger partial charge in [0.15, 0.2) is 0 Å². The van der Waals surface area contributed by atoms with Gasteiger partial charge in [0.25, 0.3) is 5.91 Å². The quantitative estimate of drug-likeness (QED) is 0.817. The molecule has 0 aliphatic heterocycles. The summed E-state index contributed by atoms with van der Waals surface area (Å²) in [4.78, 5) is 11.7. The number of aromatic hydroxyl groups is 1. The average molecular weight is 260 g/mol. The minimum atomic E-state index is -0.582.